The molecule has 0 aromatic carbocycles. The molecule has 1 rings (SSSR count). The summed E-state index contributed by atoms with van der Waals surface area (Å²) in [5.41, 5.74) is 5.22. The minimum absolute atomic E-state index is 0.104. The van der Waals surface area contributed by atoms with Crippen LogP contribution in [0.5, 0.6) is 0 Å². The van der Waals surface area contributed by atoms with E-state index in [4.69, 9.17) is 5.73 Å². The topological polar surface area (TPSA) is 43.1 Å². The summed E-state index contributed by atoms with van der Waals surface area (Å²) in [7, 11) is 0. The van der Waals surface area contributed by atoms with Gasteiger partial charge in [-0.2, -0.15) is 0 Å². The number of primary amides is 1. The Bertz CT molecular complexity index is 133. The number of hydrogen-bond donors (Lipinski definition) is 1. The summed E-state index contributed by atoms with van der Waals surface area (Å²) in [6, 6.07) is 0. The number of rotatable bonds is 1. The number of carbonyl (C=O) groups is 1. The van der Waals surface area contributed by atoms with Gasteiger partial charge in [0, 0.05) is 5.92 Å². The Morgan fingerprint density at radius 2 is 2.00 bits per heavy atom. The minimum Gasteiger partial charge on any atom is -0.369 e. The van der Waals surface area contributed by atoms with Crippen LogP contribution in [0.3, 0.4) is 0 Å². The Hall–Kier alpha value is -0.530. The third kappa shape index (κ3) is 1.49. The van der Waals surface area contributed by atoms with E-state index in [2.05, 4.69) is 6.92 Å². The Morgan fingerprint density at radius 1 is 1.40 bits per heavy atom. The quantitative estimate of drug-likeness (QED) is 0.587. The van der Waals surface area contributed by atoms with E-state index in [-0.39, 0.29) is 11.8 Å². The van der Waals surface area contributed by atoms with E-state index in [0.717, 1.165) is 6.42 Å². The van der Waals surface area contributed by atoms with E-state index < -0.39 is 0 Å². The molecular weight excluding hydrogens is 126 g/mol. The lowest BCUT2D eigenvalue weighted by atomic mass is 9.80. The summed E-state index contributed by atoms with van der Waals surface area (Å²) in [6.07, 6.45) is 4.63. The molecule has 1 amide bonds. The molecule has 0 heterocycles. The molecule has 1 fully saturated rings. The van der Waals surface area contributed by atoms with E-state index in [0.29, 0.717) is 5.92 Å². The van der Waals surface area contributed by atoms with Crippen LogP contribution in [0.1, 0.15) is 32.6 Å². The predicted molar refractivity (Wildman–Crippen MR) is 40.3 cm³/mol. The van der Waals surface area contributed by atoms with Gasteiger partial charge in [-0.05, 0) is 18.8 Å². The lowest BCUT2D eigenvalue weighted by Crippen LogP contribution is -2.30. The van der Waals surface area contributed by atoms with Gasteiger partial charge in [-0.3, -0.25) is 4.79 Å². The summed E-state index contributed by atoms with van der Waals surface area (Å²) in [5, 5.41) is 0. The standard InChI is InChI=1S/C8H15NO/c1-6-4-2-3-5-7(6)8(9)10/h6-7H,2-5H2,1H3,(H2,9,10)/t6-,7+/m0/s1. The van der Waals surface area contributed by atoms with Crippen LogP contribution in [0.25, 0.3) is 0 Å². The molecule has 2 atom stereocenters. The smallest absolute Gasteiger partial charge is 0.220 e. The van der Waals surface area contributed by atoms with Crippen molar-refractivity contribution >= 4 is 5.91 Å². The molecule has 2 N–H and O–H groups in total. The predicted octanol–water partition coefficient (Wildman–Crippen LogP) is 1.30. The van der Waals surface area contributed by atoms with Gasteiger partial charge in [0.05, 0.1) is 0 Å². The molecule has 0 spiro atoms. The fourth-order valence-electron chi connectivity index (χ4n) is 1.74. The van der Waals surface area contributed by atoms with E-state index in [1.165, 1.54) is 19.3 Å². The van der Waals surface area contributed by atoms with Gasteiger partial charge in [0.1, 0.15) is 0 Å². The van der Waals surface area contributed by atoms with Crippen molar-refractivity contribution in [1.82, 2.24) is 0 Å². The van der Waals surface area contributed by atoms with Crippen molar-refractivity contribution in [3.63, 3.8) is 0 Å². The number of carbonyl (C=O) groups excluding carboxylic acids is 1. The molecule has 2 heteroatoms. The van der Waals surface area contributed by atoms with Crippen molar-refractivity contribution in [2.75, 3.05) is 0 Å². The first-order chi connectivity index (χ1) is 4.72. The Balaban J connectivity index is 2.47. The fraction of sp³-hybridized carbons (Fsp3) is 0.875. The van der Waals surface area contributed by atoms with Crippen molar-refractivity contribution in [2.45, 2.75) is 32.6 Å². The molecular formula is C8H15NO. The van der Waals surface area contributed by atoms with Crippen molar-refractivity contribution in [3.05, 3.63) is 0 Å². The zero-order chi connectivity index (χ0) is 7.56. The van der Waals surface area contributed by atoms with Crippen molar-refractivity contribution in [1.29, 1.82) is 0 Å². The highest BCUT2D eigenvalue weighted by Gasteiger charge is 2.25. The minimum atomic E-state index is -0.104. The first kappa shape index (κ1) is 7.58. The van der Waals surface area contributed by atoms with Crippen LogP contribution in [0.2, 0.25) is 0 Å². The monoisotopic (exact) mass is 141 g/mol. The molecule has 0 aromatic heterocycles. The van der Waals surface area contributed by atoms with E-state index in [1.807, 2.05) is 0 Å². The maximum atomic E-state index is 10.8. The number of nitrogens with two attached hydrogens (primary N) is 1. The van der Waals surface area contributed by atoms with Gasteiger partial charge in [-0.1, -0.05) is 19.8 Å². The molecule has 1 saturated carbocycles. The highest BCUT2D eigenvalue weighted by molar-refractivity contribution is 5.76. The van der Waals surface area contributed by atoms with Crippen LogP contribution >= 0.6 is 0 Å². The lowest BCUT2D eigenvalue weighted by molar-refractivity contribution is -0.124. The highest BCUT2D eigenvalue weighted by atomic mass is 16.1. The van der Waals surface area contributed by atoms with E-state index in [9.17, 15) is 4.79 Å². The van der Waals surface area contributed by atoms with Gasteiger partial charge in [-0.25, -0.2) is 0 Å². The van der Waals surface area contributed by atoms with E-state index >= 15 is 0 Å². The molecule has 0 aliphatic heterocycles. The average molecular weight is 141 g/mol. The first-order valence-electron chi connectivity index (χ1n) is 4.01. The third-order valence-corrected chi connectivity index (χ3v) is 2.48. The van der Waals surface area contributed by atoms with Gasteiger partial charge >= 0.3 is 0 Å². The summed E-state index contributed by atoms with van der Waals surface area (Å²) in [5.74, 6) is 0.576. The molecule has 0 bridgehead atoms. The van der Waals surface area contributed by atoms with Crippen molar-refractivity contribution in [2.24, 2.45) is 17.6 Å². The lowest BCUT2D eigenvalue weighted by Gasteiger charge is -2.25. The normalized spacial score (nSPS) is 33.7. The van der Waals surface area contributed by atoms with Crippen LogP contribution in [0.4, 0.5) is 0 Å². The highest BCUT2D eigenvalue weighted by Crippen LogP contribution is 2.28. The second kappa shape index (κ2) is 3.04. The van der Waals surface area contributed by atoms with Crippen LogP contribution in [0, 0.1) is 11.8 Å². The number of hydrogen-bond acceptors (Lipinski definition) is 1. The van der Waals surface area contributed by atoms with E-state index in [1.54, 1.807) is 0 Å². The van der Waals surface area contributed by atoms with Crippen LogP contribution in [0.15, 0.2) is 0 Å². The van der Waals surface area contributed by atoms with Crippen molar-refractivity contribution in [3.8, 4) is 0 Å². The van der Waals surface area contributed by atoms with Gasteiger partial charge < -0.3 is 5.73 Å². The largest absolute Gasteiger partial charge is 0.369 e. The summed E-state index contributed by atoms with van der Waals surface area (Å²) in [4.78, 5) is 10.8. The Labute approximate surface area is 61.8 Å². The van der Waals surface area contributed by atoms with Gasteiger partial charge in [0.2, 0.25) is 5.91 Å². The SMILES string of the molecule is C[C@H]1CCCC[C@H]1C(N)=O. The molecule has 10 heavy (non-hydrogen) atoms. The molecule has 0 saturated heterocycles. The fourth-order valence-corrected chi connectivity index (χ4v) is 1.74. The van der Waals surface area contributed by atoms with Crippen LogP contribution in [-0.2, 0) is 4.79 Å². The summed E-state index contributed by atoms with van der Waals surface area (Å²) >= 11 is 0. The molecule has 1 aliphatic carbocycles. The number of amides is 1. The van der Waals surface area contributed by atoms with Crippen LogP contribution < -0.4 is 5.73 Å². The third-order valence-electron chi connectivity index (χ3n) is 2.48. The van der Waals surface area contributed by atoms with Gasteiger partial charge in [-0.15, -0.1) is 0 Å². The average Bonchev–Trinajstić information content (AvgIpc) is 1.88. The zero-order valence-corrected chi connectivity index (χ0v) is 6.47. The second-order valence-electron chi connectivity index (χ2n) is 3.27. The maximum absolute atomic E-state index is 10.8. The van der Waals surface area contributed by atoms with Crippen molar-refractivity contribution < 1.29 is 4.79 Å². The van der Waals surface area contributed by atoms with Gasteiger partial charge in [0.25, 0.3) is 0 Å². The van der Waals surface area contributed by atoms with Gasteiger partial charge in [0.15, 0.2) is 0 Å². The molecule has 0 unspecified atom stereocenters. The first-order valence-corrected chi connectivity index (χ1v) is 4.01. The molecule has 0 radical (unpaired) electrons. The summed E-state index contributed by atoms with van der Waals surface area (Å²) in [6.45, 7) is 2.12. The Morgan fingerprint density at radius 3 is 2.40 bits per heavy atom. The Kier molecular flexibility index (Phi) is 2.30. The molecule has 1 aliphatic rings. The summed E-state index contributed by atoms with van der Waals surface area (Å²) < 4.78 is 0. The molecule has 58 valence electrons. The second-order valence-corrected chi connectivity index (χ2v) is 3.27. The zero-order valence-electron chi connectivity index (χ0n) is 6.47. The maximum Gasteiger partial charge on any atom is 0.220 e. The molecule has 2 nitrogen and oxygen atoms in total. The molecule has 0 aromatic rings. The van der Waals surface area contributed by atoms with Crippen LogP contribution in [-0.4, -0.2) is 5.91 Å².